The van der Waals surface area contributed by atoms with E-state index in [1.807, 2.05) is 44.3 Å². The molecular weight excluding hydrogens is 314 g/mol. The molecule has 0 aliphatic rings. The number of carbonyl (C=O) groups is 1. The molecule has 1 amide bonds. The van der Waals surface area contributed by atoms with Crippen LogP contribution in [0.15, 0.2) is 46.9 Å². The Kier molecular flexibility index (Phi) is 4.61. The second-order valence-corrected chi connectivity index (χ2v) is 5.85. The molecule has 2 aromatic carbocycles. The smallest absolute Gasteiger partial charge is 0.254 e. The fourth-order valence-corrected chi connectivity index (χ4v) is 2.53. The lowest BCUT2D eigenvalue weighted by Crippen LogP contribution is -2.27. The maximum atomic E-state index is 12.5. The fourth-order valence-electron chi connectivity index (χ4n) is 2.16. The Morgan fingerprint density at radius 1 is 1.10 bits per heavy atom. The molecule has 0 aromatic heterocycles. The van der Waals surface area contributed by atoms with E-state index < -0.39 is 0 Å². The maximum Gasteiger partial charge on any atom is 0.254 e. The van der Waals surface area contributed by atoms with Crippen LogP contribution in [0.25, 0.3) is 0 Å². The summed E-state index contributed by atoms with van der Waals surface area (Å²) in [6.07, 6.45) is 0. The third kappa shape index (κ3) is 3.10. The third-order valence-corrected chi connectivity index (χ3v) is 4.37. The highest BCUT2D eigenvalue weighted by Gasteiger charge is 2.15. The van der Waals surface area contributed by atoms with E-state index in [9.17, 15) is 4.79 Å². The number of nitrogens with zero attached hydrogens (tertiary/aromatic N) is 1. The van der Waals surface area contributed by atoms with Crippen molar-refractivity contribution in [2.75, 3.05) is 7.05 Å². The molecule has 0 saturated carbocycles. The lowest BCUT2D eigenvalue weighted by Gasteiger charge is -2.20. The van der Waals surface area contributed by atoms with Gasteiger partial charge in [-0.1, -0.05) is 46.3 Å². The zero-order chi connectivity index (χ0) is 14.7. The van der Waals surface area contributed by atoms with Gasteiger partial charge >= 0.3 is 0 Å². The molecule has 0 fully saturated rings. The molecule has 0 heterocycles. The van der Waals surface area contributed by atoms with E-state index >= 15 is 0 Å². The first-order valence-electron chi connectivity index (χ1n) is 6.56. The van der Waals surface area contributed by atoms with Crippen molar-refractivity contribution in [3.63, 3.8) is 0 Å². The molecule has 0 N–H and O–H groups in total. The van der Waals surface area contributed by atoms with Gasteiger partial charge in [-0.3, -0.25) is 4.79 Å². The van der Waals surface area contributed by atoms with E-state index in [0.717, 1.165) is 15.6 Å². The molecule has 0 unspecified atom stereocenters. The van der Waals surface area contributed by atoms with Crippen LogP contribution in [-0.2, 0) is 6.54 Å². The highest BCUT2D eigenvalue weighted by atomic mass is 79.9. The zero-order valence-electron chi connectivity index (χ0n) is 12.0. The van der Waals surface area contributed by atoms with E-state index in [2.05, 4.69) is 35.0 Å². The van der Waals surface area contributed by atoms with Gasteiger partial charge in [-0.05, 0) is 42.7 Å². The predicted octanol–water partition coefficient (Wildman–Crippen LogP) is 4.34. The second-order valence-electron chi connectivity index (χ2n) is 5.00. The molecule has 0 atom stereocenters. The Hall–Kier alpha value is -1.61. The summed E-state index contributed by atoms with van der Waals surface area (Å²) in [6, 6.07) is 13.9. The molecule has 2 aromatic rings. The van der Waals surface area contributed by atoms with Gasteiger partial charge in [-0.2, -0.15) is 0 Å². The summed E-state index contributed by atoms with van der Waals surface area (Å²) in [7, 11) is 1.84. The molecular formula is C17H18BrNO. The van der Waals surface area contributed by atoms with Crippen molar-refractivity contribution in [3.05, 3.63) is 69.2 Å². The largest absolute Gasteiger partial charge is 0.337 e. The van der Waals surface area contributed by atoms with Crippen LogP contribution in [0.3, 0.4) is 0 Å². The summed E-state index contributed by atoms with van der Waals surface area (Å²) in [5.74, 6) is 0.0482. The monoisotopic (exact) mass is 331 g/mol. The summed E-state index contributed by atoms with van der Waals surface area (Å²) < 4.78 is 0.965. The Morgan fingerprint density at radius 2 is 1.80 bits per heavy atom. The van der Waals surface area contributed by atoms with Crippen LogP contribution in [0, 0.1) is 13.8 Å². The van der Waals surface area contributed by atoms with Crippen molar-refractivity contribution in [2.45, 2.75) is 20.4 Å². The van der Waals surface area contributed by atoms with Crippen LogP contribution in [0.2, 0.25) is 0 Å². The number of carbonyl (C=O) groups excluding carboxylic acids is 1. The molecule has 3 heteroatoms. The summed E-state index contributed by atoms with van der Waals surface area (Å²) >= 11 is 3.47. The van der Waals surface area contributed by atoms with Crippen LogP contribution in [-0.4, -0.2) is 17.9 Å². The minimum atomic E-state index is 0.0482. The number of hydrogen-bond donors (Lipinski definition) is 0. The van der Waals surface area contributed by atoms with E-state index in [1.165, 1.54) is 11.1 Å². The Morgan fingerprint density at radius 3 is 2.50 bits per heavy atom. The molecule has 2 nitrogen and oxygen atoms in total. The summed E-state index contributed by atoms with van der Waals surface area (Å²) in [5.41, 5.74) is 4.11. The number of hydrogen-bond acceptors (Lipinski definition) is 1. The zero-order valence-corrected chi connectivity index (χ0v) is 13.6. The number of rotatable bonds is 3. The maximum absolute atomic E-state index is 12.5. The van der Waals surface area contributed by atoms with Crippen LogP contribution in [0.4, 0.5) is 0 Å². The quantitative estimate of drug-likeness (QED) is 0.819. The van der Waals surface area contributed by atoms with Crippen LogP contribution < -0.4 is 0 Å². The van der Waals surface area contributed by atoms with Crippen molar-refractivity contribution in [1.82, 2.24) is 4.90 Å². The first kappa shape index (κ1) is 14.8. The number of benzene rings is 2. The molecule has 0 aliphatic carbocycles. The Labute approximate surface area is 128 Å². The summed E-state index contributed by atoms with van der Waals surface area (Å²) in [5, 5.41) is 0. The molecule has 0 radical (unpaired) electrons. The highest BCUT2D eigenvalue weighted by molar-refractivity contribution is 9.10. The van der Waals surface area contributed by atoms with E-state index in [4.69, 9.17) is 0 Å². The average Bonchev–Trinajstić information content (AvgIpc) is 2.43. The molecule has 2 rings (SSSR count). The van der Waals surface area contributed by atoms with Crippen molar-refractivity contribution < 1.29 is 4.79 Å². The lowest BCUT2D eigenvalue weighted by atomic mass is 10.1. The van der Waals surface area contributed by atoms with Crippen molar-refractivity contribution in [2.24, 2.45) is 0 Å². The first-order valence-corrected chi connectivity index (χ1v) is 7.35. The van der Waals surface area contributed by atoms with Crippen LogP contribution in [0.5, 0.6) is 0 Å². The van der Waals surface area contributed by atoms with E-state index in [0.29, 0.717) is 6.54 Å². The van der Waals surface area contributed by atoms with Gasteiger partial charge in [0.1, 0.15) is 0 Å². The molecule has 104 valence electrons. The highest BCUT2D eigenvalue weighted by Crippen LogP contribution is 2.21. The van der Waals surface area contributed by atoms with Crippen molar-refractivity contribution in [1.29, 1.82) is 0 Å². The molecule has 0 aliphatic heterocycles. The van der Waals surface area contributed by atoms with Gasteiger partial charge < -0.3 is 4.90 Å². The van der Waals surface area contributed by atoms with Gasteiger partial charge in [-0.15, -0.1) is 0 Å². The SMILES string of the molecule is Cc1ccccc1CN(C)C(=O)c1cccc(Br)c1C. The topological polar surface area (TPSA) is 20.3 Å². The minimum Gasteiger partial charge on any atom is -0.337 e. The van der Waals surface area contributed by atoms with Crippen molar-refractivity contribution >= 4 is 21.8 Å². The van der Waals surface area contributed by atoms with E-state index in [-0.39, 0.29) is 5.91 Å². The van der Waals surface area contributed by atoms with Gasteiger partial charge in [0.2, 0.25) is 0 Å². The minimum absolute atomic E-state index is 0.0482. The third-order valence-electron chi connectivity index (χ3n) is 3.51. The van der Waals surface area contributed by atoms with E-state index in [1.54, 1.807) is 4.90 Å². The van der Waals surface area contributed by atoms with Crippen LogP contribution >= 0.6 is 15.9 Å². The number of amides is 1. The molecule has 0 saturated heterocycles. The normalized spacial score (nSPS) is 10.4. The average molecular weight is 332 g/mol. The van der Waals surface area contributed by atoms with Crippen molar-refractivity contribution in [3.8, 4) is 0 Å². The van der Waals surface area contributed by atoms with Gasteiger partial charge in [-0.25, -0.2) is 0 Å². The standard InChI is InChI=1S/C17H18BrNO/c1-12-7-4-5-8-14(12)11-19(3)17(20)15-9-6-10-16(18)13(15)2/h4-10H,11H2,1-3H3. The lowest BCUT2D eigenvalue weighted by molar-refractivity contribution is 0.0784. The molecule has 0 bridgehead atoms. The van der Waals surface area contributed by atoms with Gasteiger partial charge in [0, 0.05) is 23.6 Å². The van der Waals surface area contributed by atoms with Gasteiger partial charge in [0.05, 0.1) is 0 Å². The molecule has 20 heavy (non-hydrogen) atoms. The van der Waals surface area contributed by atoms with Crippen LogP contribution in [0.1, 0.15) is 27.0 Å². The second kappa shape index (κ2) is 6.23. The number of halogens is 1. The molecule has 0 spiro atoms. The van der Waals surface area contributed by atoms with Gasteiger partial charge in [0.25, 0.3) is 5.91 Å². The summed E-state index contributed by atoms with van der Waals surface area (Å²) in [4.78, 5) is 14.3. The van der Waals surface area contributed by atoms with Gasteiger partial charge in [0.15, 0.2) is 0 Å². The fraction of sp³-hybridized carbons (Fsp3) is 0.235. The Bertz CT molecular complexity index is 637. The summed E-state index contributed by atoms with van der Waals surface area (Å²) in [6.45, 7) is 4.65. The Balaban J connectivity index is 2.21. The first-order chi connectivity index (χ1) is 9.50. The predicted molar refractivity (Wildman–Crippen MR) is 85.9 cm³/mol. The number of aryl methyl sites for hydroxylation is 1.